The first-order valence-corrected chi connectivity index (χ1v) is 10.9. The Morgan fingerprint density at radius 3 is 2.63 bits per heavy atom. The molecule has 1 unspecified atom stereocenters. The molecular weight excluding hydrogens is 451 g/mol. The first-order chi connectivity index (χ1) is 17.0. The Bertz CT molecular complexity index is 1400. The van der Waals surface area contributed by atoms with E-state index in [9.17, 15) is 18.8 Å². The van der Waals surface area contributed by atoms with Gasteiger partial charge in [0.2, 0.25) is 0 Å². The summed E-state index contributed by atoms with van der Waals surface area (Å²) in [7, 11) is 0. The summed E-state index contributed by atoms with van der Waals surface area (Å²) in [6, 6.07) is 18.5. The van der Waals surface area contributed by atoms with Gasteiger partial charge in [0.15, 0.2) is 0 Å². The van der Waals surface area contributed by atoms with Crippen LogP contribution in [0.1, 0.15) is 11.6 Å². The predicted octanol–water partition coefficient (Wildman–Crippen LogP) is 3.79. The second-order valence-electron chi connectivity index (χ2n) is 8.03. The average Bonchev–Trinajstić information content (AvgIpc) is 3.41. The SMILES string of the molecule is O=C(Nc1cccc(N2C(=O)CNC2=O)c1)NC(Cn1cnc2ccccc21)c1ccc(F)cc1. The van der Waals surface area contributed by atoms with Crippen molar-refractivity contribution in [2.24, 2.45) is 0 Å². The van der Waals surface area contributed by atoms with Crippen molar-refractivity contribution in [2.45, 2.75) is 12.6 Å². The molecule has 0 bridgehead atoms. The highest BCUT2D eigenvalue weighted by molar-refractivity contribution is 6.20. The fourth-order valence-corrected chi connectivity index (χ4v) is 4.01. The summed E-state index contributed by atoms with van der Waals surface area (Å²) in [5.74, 6) is -0.747. The van der Waals surface area contributed by atoms with E-state index in [2.05, 4.69) is 20.9 Å². The summed E-state index contributed by atoms with van der Waals surface area (Å²) in [5, 5.41) is 8.14. The van der Waals surface area contributed by atoms with Crippen LogP contribution in [0.5, 0.6) is 0 Å². The number of imidazole rings is 1. The quantitative estimate of drug-likeness (QED) is 0.371. The minimum Gasteiger partial charge on any atom is -0.329 e. The molecule has 35 heavy (non-hydrogen) atoms. The van der Waals surface area contributed by atoms with Crippen LogP contribution in [-0.2, 0) is 11.3 Å². The molecule has 1 fully saturated rings. The standard InChI is InChI=1S/C25H21FN6O3/c26-17-10-8-16(9-11-17)21(14-31-15-28-20-6-1-2-7-22(20)31)30-24(34)29-18-4-3-5-19(12-18)32-23(33)13-27-25(32)35/h1-12,15,21H,13-14H2,(H,27,35)(H2,29,30,34). The molecule has 9 nitrogen and oxygen atoms in total. The van der Waals surface area contributed by atoms with Gasteiger partial charge in [-0.25, -0.2) is 23.9 Å². The van der Waals surface area contributed by atoms with E-state index in [-0.39, 0.29) is 18.3 Å². The van der Waals surface area contributed by atoms with Crippen LogP contribution < -0.4 is 20.9 Å². The fourth-order valence-electron chi connectivity index (χ4n) is 4.01. The van der Waals surface area contributed by atoms with Crippen molar-refractivity contribution in [3.8, 4) is 0 Å². The number of fused-ring (bicyclic) bond motifs is 1. The number of urea groups is 2. The smallest absolute Gasteiger partial charge is 0.329 e. The minimum absolute atomic E-state index is 0.0702. The number of rotatable bonds is 6. The number of para-hydroxylation sites is 2. The summed E-state index contributed by atoms with van der Waals surface area (Å²) in [5.41, 5.74) is 3.20. The van der Waals surface area contributed by atoms with Crippen LogP contribution in [0.25, 0.3) is 11.0 Å². The molecule has 1 aliphatic rings. The summed E-state index contributed by atoms with van der Waals surface area (Å²) in [4.78, 5) is 42.3. The lowest BCUT2D eigenvalue weighted by molar-refractivity contribution is -0.115. The van der Waals surface area contributed by atoms with Crippen molar-refractivity contribution in [2.75, 3.05) is 16.8 Å². The van der Waals surface area contributed by atoms with Gasteiger partial charge in [0.1, 0.15) is 5.82 Å². The van der Waals surface area contributed by atoms with Gasteiger partial charge in [0.05, 0.1) is 35.6 Å². The lowest BCUT2D eigenvalue weighted by Crippen LogP contribution is -2.35. The number of imide groups is 1. The normalized spacial score (nSPS) is 14.1. The van der Waals surface area contributed by atoms with Crippen molar-refractivity contribution >= 4 is 40.4 Å². The van der Waals surface area contributed by atoms with Gasteiger partial charge in [-0.2, -0.15) is 0 Å². The van der Waals surface area contributed by atoms with Gasteiger partial charge >= 0.3 is 12.1 Å². The van der Waals surface area contributed by atoms with E-state index in [0.29, 0.717) is 23.5 Å². The van der Waals surface area contributed by atoms with Crippen molar-refractivity contribution < 1.29 is 18.8 Å². The summed E-state index contributed by atoms with van der Waals surface area (Å²) < 4.78 is 15.5. The number of benzene rings is 3. The van der Waals surface area contributed by atoms with E-state index in [1.54, 1.807) is 42.7 Å². The molecule has 3 N–H and O–H groups in total. The number of carbonyl (C=O) groups is 3. The number of aromatic nitrogens is 2. The van der Waals surface area contributed by atoms with E-state index < -0.39 is 18.1 Å². The van der Waals surface area contributed by atoms with Gasteiger partial charge in [-0.1, -0.05) is 30.3 Å². The monoisotopic (exact) mass is 472 g/mol. The van der Waals surface area contributed by atoms with Crippen molar-refractivity contribution in [1.29, 1.82) is 0 Å². The van der Waals surface area contributed by atoms with E-state index >= 15 is 0 Å². The summed E-state index contributed by atoms with van der Waals surface area (Å²) >= 11 is 0. The topological polar surface area (TPSA) is 108 Å². The molecule has 1 aromatic heterocycles. The fraction of sp³-hybridized carbons (Fsp3) is 0.120. The number of halogens is 1. The average molecular weight is 472 g/mol. The van der Waals surface area contributed by atoms with Crippen LogP contribution in [0.3, 0.4) is 0 Å². The Labute approximate surface area is 199 Å². The number of hydrogen-bond donors (Lipinski definition) is 3. The second kappa shape index (κ2) is 9.26. The van der Waals surface area contributed by atoms with Gasteiger partial charge in [0.25, 0.3) is 5.91 Å². The number of anilines is 2. The van der Waals surface area contributed by atoms with Gasteiger partial charge in [-0.15, -0.1) is 0 Å². The maximum Gasteiger partial charge on any atom is 0.329 e. The van der Waals surface area contributed by atoms with Crippen LogP contribution in [0, 0.1) is 5.82 Å². The molecule has 0 radical (unpaired) electrons. The molecule has 4 aromatic rings. The maximum atomic E-state index is 13.5. The van der Waals surface area contributed by atoms with E-state index in [1.807, 2.05) is 28.8 Å². The minimum atomic E-state index is -0.513. The van der Waals surface area contributed by atoms with Crippen molar-refractivity contribution in [1.82, 2.24) is 20.2 Å². The first-order valence-electron chi connectivity index (χ1n) is 10.9. The van der Waals surface area contributed by atoms with E-state index in [1.165, 1.54) is 12.1 Å². The summed E-state index contributed by atoms with van der Waals surface area (Å²) in [6.07, 6.45) is 1.70. The number of nitrogens with zero attached hydrogens (tertiary/aromatic N) is 3. The zero-order valence-electron chi connectivity index (χ0n) is 18.4. The van der Waals surface area contributed by atoms with Gasteiger partial charge < -0.3 is 20.5 Å². The largest absolute Gasteiger partial charge is 0.329 e. The van der Waals surface area contributed by atoms with Crippen LogP contribution in [0.4, 0.5) is 25.4 Å². The molecule has 176 valence electrons. The van der Waals surface area contributed by atoms with Gasteiger partial charge in [-0.05, 0) is 48.0 Å². The highest BCUT2D eigenvalue weighted by Crippen LogP contribution is 2.23. The number of hydrogen-bond acceptors (Lipinski definition) is 4. The second-order valence-corrected chi connectivity index (χ2v) is 8.03. The molecular formula is C25H21FN6O3. The Hall–Kier alpha value is -4.73. The molecule has 3 aromatic carbocycles. The Morgan fingerprint density at radius 2 is 1.86 bits per heavy atom. The van der Waals surface area contributed by atoms with Crippen molar-refractivity contribution in [3.05, 3.63) is 90.5 Å². The molecule has 1 saturated heterocycles. The third-order valence-corrected chi connectivity index (χ3v) is 5.69. The van der Waals surface area contributed by atoms with Gasteiger partial charge in [-0.3, -0.25) is 4.79 Å². The van der Waals surface area contributed by atoms with Crippen LogP contribution in [0.15, 0.2) is 79.1 Å². The highest BCUT2D eigenvalue weighted by Gasteiger charge is 2.30. The lowest BCUT2D eigenvalue weighted by atomic mass is 10.1. The van der Waals surface area contributed by atoms with E-state index in [0.717, 1.165) is 15.9 Å². The number of carbonyl (C=O) groups excluding carboxylic acids is 3. The Balaban J connectivity index is 1.36. The third kappa shape index (κ3) is 4.67. The molecule has 0 saturated carbocycles. The molecule has 0 spiro atoms. The molecule has 2 heterocycles. The maximum absolute atomic E-state index is 13.5. The van der Waals surface area contributed by atoms with Crippen LogP contribution >= 0.6 is 0 Å². The first kappa shape index (κ1) is 22.1. The number of amides is 5. The zero-order chi connectivity index (χ0) is 24.4. The molecule has 5 rings (SSSR count). The Kier molecular flexibility index (Phi) is 5.84. The van der Waals surface area contributed by atoms with Crippen LogP contribution in [-0.4, -0.2) is 34.1 Å². The summed E-state index contributed by atoms with van der Waals surface area (Å²) in [6.45, 7) is 0.293. The Morgan fingerprint density at radius 1 is 1.06 bits per heavy atom. The lowest BCUT2D eigenvalue weighted by Gasteiger charge is -2.21. The molecule has 10 heteroatoms. The predicted molar refractivity (Wildman–Crippen MR) is 128 cm³/mol. The third-order valence-electron chi connectivity index (χ3n) is 5.69. The molecule has 5 amide bonds. The number of nitrogens with one attached hydrogen (secondary N) is 3. The molecule has 1 aliphatic heterocycles. The molecule has 1 atom stereocenters. The molecule has 0 aliphatic carbocycles. The zero-order valence-corrected chi connectivity index (χ0v) is 18.4. The highest BCUT2D eigenvalue weighted by atomic mass is 19.1. The van der Waals surface area contributed by atoms with Gasteiger partial charge in [0, 0.05) is 12.2 Å². The van der Waals surface area contributed by atoms with E-state index in [4.69, 9.17) is 0 Å². The van der Waals surface area contributed by atoms with Crippen molar-refractivity contribution in [3.63, 3.8) is 0 Å². The van der Waals surface area contributed by atoms with Crippen LogP contribution in [0.2, 0.25) is 0 Å².